The highest BCUT2D eigenvalue weighted by molar-refractivity contribution is 5.45. The molecule has 0 aliphatic carbocycles. The van der Waals surface area contributed by atoms with Crippen molar-refractivity contribution in [2.24, 2.45) is 0 Å². The van der Waals surface area contributed by atoms with Crippen molar-refractivity contribution in [3.05, 3.63) is 23.5 Å². The lowest BCUT2D eigenvalue weighted by molar-refractivity contribution is -0.135. The molecule has 0 unspecified atom stereocenters. The maximum absolute atomic E-state index is 13.1. The maximum Gasteiger partial charge on any atom is 0.389 e. The number of aromatic nitrogens is 1. The summed E-state index contributed by atoms with van der Waals surface area (Å²) < 4.78 is 86.8. The molecule has 0 saturated heterocycles. The average Bonchev–Trinajstić information content (AvgIpc) is 2.29. The first kappa shape index (κ1) is 15.5. The van der Waals surface area contributed by atoms with Gasteiger partial charge >= 0.3 is 6.18 Å². The molecule has 0 aromatic carbocycles. The van der Waals surface area contributed by atoms with Crippen molar-refractivity contribution < 1.29 is 30.7 Å². The van der Waals surface area contributed by atoms with Crippen molar-refractivity contribution in [2.75, 3.05) is 11.9 Å². The van der Waals surface area contributed by atoms with Gasteiger partial charge < -0.3 is 5.32 Å². The molecule has 0 saturated carbocycles. The third-order valence-corrected chi connectivity index (χ3v) is 2.19. The molecular weight excluding hydrogens is 281 g/mol. The highest BCUT2D eigenvalue weighted by atomic mass is 19.4. The van der Waals surface area contributed by atoms with Gasteiger partial charge in [0.1, 0.15) is 5.69 Å². The van der Waals surface area contributed by atoms with Crippen molar-refractivity contribution in [3.8, 4) is 0 Å². The minimum atomic E-state index is -4.31. The predicted molar refractivity (Wildman–Crippen MR) is 52.5 cm³/mol. The summed E-state index contributed by atoms with van der Waals surface area (Å²) in [5, 5.41) is 2.01. The van der Waals surface area contributed by atoms with Gasteiger partial charge in [-0.25, -0.2) is 0 Å². The lowest BCUT2D eigenvalue weighted by Crippen LogP contribution is -2.12. The van der Waals surface area contributed by atoms with Gasteiger partial charge in [0.2, 0.25) is 11.6 Å². The summed E-state index contributed by atoms with van der Waals surface area (Å²) in [4.78, 5) is 2.34. The first-order valence-electron chi connectivity index (χ1n) is 5.23. The molecule has 0 radical (unpaired) electrons. The third kappa shape index (κ3) is 4.56. The summed E-state index contributed by atoms with van der Waals surface area (Å²) >= 11 is 0. The molecule has 108 valence electrons. The number of alkyl halides is 3. The Kier molecular flexibility index (Phi) is 4.96. The standard InChI is InChI=1S/C10H9F7N2/c11-5-7(6(12)9(14)19-8(5)13)18-4-2-1-3-10(15,16)17/h1-4H2,(H,18,19). The summed E-state index contributed by atoms with van der Waals surface area (Å²) in [6.07, 6.45) is -5.69. The molecule has 0 aliphatic heterocycles. The monoisotopic (exact) mass is 290 g/mol. The van der Waals surface area contributed by atoms with E-state index in [0.717, 1.165) is 0 Å². The van der Waals surface area contributed by atoms with Gasteiger partial charge in [-0.15, -0.1) is 0 Å². The Bertz CT molecular complexity index is 418. The molecule has 1 aromatic heterocycles. The number of anilines is 1. The van der Waals surface area contributed by atoms with Gasteiger partial charge in [-0.1, -0.05) is 0 Å². The van der Waals surface area contributed by atoms with Crippen molar-refractivity contribution in [3.63, 3.8) is 0 Å². The van der Waals surface area contributed by atoms with Crippen LogP contribution in [0, 0.1) is 23.5 Å². The molecule has 2 nitrogen and oxygen atoms in total. The number of unbranched alkanes of at least 4 members (excludes halogenated alkanes) is 1. The van der Waals surface area contributed by atoms with Crippen LogP contribution in [0.2, 0.25) is 0 Å². The van der Waals surface area contributed by atoms with Crippen molar-refractivity contribution in [1.29, 1.82) is 0 Å². The number of rotatable bonds is 5. The lowest BCUT2D eigenvalue weighted by Gasteiger charge is -2.10. The average molecular weight is 290 g/mol. The van der Waals surface area contributed by atoms with Crippen LogP contribution >= 0.6 is 0 Å². The van der Waals surface area contributed by atoms with Crippen LogP contribution in [0.1, 0.15) is 19.3 Å². The summed E-state index contributed by atoms with van der Waals surface area (Å²) in [5.74, 6) is -7.07. The van der Waals surface area contributed by atoms with E-state index < -0.39 is 41.8 Å². The van der Waals surface area contributed by atoms with Gasteiger partial charge in [-0.2, -0.15) is 35.7 Å². The number of nitrogens with zero attached hydrogens (tertiary/aromatic N) is 1. The van der Waals surface area contributed by atoms with Gasteiger partial charge in [0.05, 0.1) is 0 Å². The molecule has 19 heavy (non-hydrogen) atoms. The van der Waals surface area contributed by atoms with Crippen LogP contribution in [0.3, 0.4) is 0 Å². The zero-order valence-electron chi connectivity index (χ0n) is 9.42. The number of halogens is 7. The molecule has 1 aromatic rings. The second-order valence-corrected chi connectivity index (χ2v) is 3.70. The van der Waals surface area contributed by atoms with Gasteiger partial charge in [0, 0.05) is 13.0 Å². The zero-order valence-corrected chi connectivity index (χ0v) is 9.42. The van der Waals surface area contributed by atoms with Crippen LogP contribution in [0.15, 0.2) is 0 Å². The zero-order chi connectivity index (χ0) is 14.6. The highest BCUT2D eigenvalue weighted by Crippen LogP contribution is 2.24. The van der Waals surface area contributed by atoms with E-state index in [2.05, 4.69) is 4.98 Å². The minimum absolute atomic E-state index is 0.0655. The Morgan fingerprint density at radius 2 is 1.42 bits per heavy atom. The van der Waals surface area contributed by atoms with E-state index in [1.54, 1.807) is 0 Å². The van der Waals surface area contributed by atoms with Crippen LogP contribution in [0.5, 0.6) is 0 Å². The van der Waals surface area contributed by atoms with Crippen molar-refractivity contribution in [2.45, 2.75) is 25.4 Å². The second-order valence-electron chi connectivity index (χ2n) is 3.70. The van der Waals surface area contributed by atoms with E-state index in [-0.39, 0.29) is 19.4 Å². The summed E-state index contributed by atoms with van der Waals surface area (Å²) in [7, 11) is 0. The number of hydrogen-bond donors (Lipinski definition) is 1. The molecule has 0 fully saturated rings. The Hall–Kier alpha value is -1.54. The van der Waals surface area contributed by atoms with Crippen molar-refractivity contribution >= 4 is 5.69 Å². The Labute approximate surface area is 103 Å². The fourth-order valence-corrected chi connectivity index (χ4v) is 1.31. The molecule has 1 N–H and O–H groups in total. The lowest BCUT2D eigenvalue weighted by atomic mass is 10.2. The van der Waals surface area contributed by atoms with Crippen LogP contribution in [0.4, 0.5) is 36.4 Å². The van der Waals surface area contributed by atoms with E-state index >= 15 is 0 Å². The summed E-state index contributed by atoms with van der Waals surface area (Å²) in [6, 6.07) is 0. The predicted octanol–water partition coefficient (Wildman–Crippen LogP) is 3.78. The van der Waals surface area contributed by atoms with E-state index in [1.807, 2.05) is 5.32 Å². The minimum Gasteiger partial charge on any atom is -0.380 e. The molecule has 0 amide bonds. The smallest absolute Gasteiger partial charge is 0.380 e. The molecule has 0 spiro atoms. The molecular formula is C10H9F7N2. The fourth-order valence-electron chi connectivity index (χ4n) is 1.31. The molecule has 1 heterocycles. The van der Waals surface area contributed by atoms with E-state index in [1.165, 1.54) is 0 Å². The topological polar surface area (TPSA) is 24.9 Å². The van der Waals surface area contributed by atoms with Gasteiger partial charge in [0.15, 0.2) is 0 Å². The first-order chi connectivity index (χ1) is 8.72. The second kappa shape index (κ2) is 6.07. The first-order valence-corrected chi connectivity index (χ1v) is 5.23. The maximum atomic E-state index is 13.1. The Morgan fingerprint density at radius 1 is 0.895 bits per heavy atom. The Morgan fingerprint density at radius 3 is 1.89 bits per heavy atom. The molecule has 9 heteroatoms. The van der Waals surface area contributed by atoms with Crippen LogP contribution in [0.25, 0.3) is 0 Å². The molecule has 0 atom stereocenters. The van der Waals surface area contributed by atoms with Crippen molar-refractivity contribution in [1.82, 2.24) is 4.98 Å². The van der Waals surface area contributed by atoms with Gasteiger partial charge in [-0.05, 0) is 12.8 Å². The SMILES string of the molecule is Fc1nc(F)c(F)c(NCCCCC(F)(F)F)c1F. The summed E-state index contributed by atoms with van der Waals surface area (Å²) in [5.41, 5.74) is -1.07. The van der Waals surface area contributed by atoms with Gasteiger partial charge in [0.25, 0.3) is 11.9 Å². The van der Waals surface area contributed by atoms with Gasteiger partial charge in [-0.3, -0.25) is 0 Å². The van der Waals surface area contributed by atoms with Crippen LogP contribution in [-0.2, 0) is 0 Å². The Balaban J connectivity index is 2.54. The largest absolute Gasteiger partial charge is 0.389 e. The number of nitrogens with one attached hydrogen (secondary N) is 1. The highest BCUT2D eigenvalue weighted by Gasteiger charge is 2.26. The summed E-state index contributed by atoms with van der Waals surface area (Å²) in [6.45, 7) is -0.257. The molecule has 1 rings (SSSR count). The van der Waals surface area contributed by atoms with Crippen LogP contribution in [-0.4, -0.2) is 17.7 Å². The quantitative estimate of drug-likeness (QED) is 0.507. The van der Waals surface area contributed by atoms with E-state index in [4.69, 9.17) is 0 Å². The number of hydrogen-bond acceptors (Lipinski definition) is 2. The van der Waals surface area contributed by atoms with Crippen LogP contribution < -0.4 is 5.32 Å². The fraction of sp³-hybridized carbons (Fsp3) is 0.500. The number of pyridine rings is 1. The third-order valence-electron chi connectivity index (χ3n) is 2.19. The normalized spacial score (nSPS) is 11.7. The molecule has 0 aliphatic rings. The van der Waals surface area contributed by atoms with E-state index in [0.29, 0.717) is 0 Å². The van der Waals surface area contributed by atoms with E-state index in [9.17, 15) is 30.7 Å². The molecule has 0 bridgehead atoms.